The lowest BCUT2D eigenvalue weighted by molar-refractivity contribution is -0.116. The third-order valence-electron chi connectivity index (χ3n) is 7.96. The van der Waals surface area contributed by atoms with E-state index in [0.29, 0.717) is 22.1 Å². The number of nitrogens with one attached hydrogen (secondary N) is 4. The van der Waals surface area contributed by atoms with Crippen molar-refractivity contribution in [3.8, 4) is 5.75 Å². The standard InChI is InChI=1S/C40H31N5O4S2/c1-49-29-19-20-33-35(23-29)51-40(44-33)45-39(48)36(25-11-4-2-5-12-25)50-30-16-10-15-28(22-30)42-38(47)34(43-37(46)26-13-6-3-7-14-26)21-27-24-41-32-18-9-8-17-31(27)32/h2-24,36,41H,1H3,(H,42,47)(H,43,46)(H,44,45,48)/b34-21-. The molecule has 7 aromatic rings. The smallest absolute Gasteiger partial charge is 0.272 e. The summed E-state index contributed by atoms with van der Waals surface area (Å²) in [6.07, 6.45) is 3.45. The monoisotopic (exact) mass is 709 g/mol. The molecule has 2 aromatic heterocycles. The quantitative estimate of drug-likeness (QED) is 0.0787. The van der Waals surface area contributed by atoms with Gasteiger partial charge in [-0.15, -0.1) is 11.8 Å². The van der Waals surface area contributed by atoms with E-state index in [0.717, 1.165) is 37.1 Å². The van der Waals surface area contributed by atoms with Crippen molar-refractivity contribution in [1.29, 1.82) is 0 Å². The number of H-pyrrole nitrogens is 1. The van der Waals surface area contributed by atoms with E-state index in [1.165, 1.54) is 23.1 Å². The normalized spacial score (nSPS) is 12.0. The van der Waals surface area contributed by atoms with Gasteiger partial charge in [0.15, 0.2) is 5.13 Å². The Morgan fingerprint density at radius 3 is 2.41 bits per heavy atom. The number of aromatic amines is 1. The van der Waals surface area contributed by atoms with E-state index in [9.17, 15) is 14.4 Å². The fraction of sp³-hybridized carbons (Fsp3) is 0.0500. The summed E-state index contributed by atoms with van der Waals surface area (Å²) in [5.41, 5.74) is 4.22. The molecule has 51 heavy (non-hydrogen) atoms. The number of thioether (sulfide) groups is 1. The minimum Gasteiger partial charge on any atom is -0.497 e. The Morgan fingerprint density at radius 2 is 1.61 bits per heavy atom. The van der Waals surface area contributed by atoms with Crippen molar-refractivity contribution in [1.82, 2.24) is 15.3 Å². The zero-order valence-electron chi connectivity index (χ0n) is 27.3. The molecule has 0 aliphatic rings. The van der Waals surface area contributed by atoms with Crippen LogP contribution in [-0.2, 0) is 9.59 Å². The number of carbonyl (C=O) groups excluding carboxylic acids is 3. The summed E-state index contributed by atoms with van der Waals surface area (Å²) in [4.78, 5) is 49.4. The number of methoxy groups -OCH3 is 1. The van der Waals surface area contributed by atoms with Crippen LogP contribution < -0.4 is 20.7 Å². The summed E-state index contributed by atoms with van der Waals surface area (Å²) < 4.78 is 6.23. The van der Waals surface area contributed by atoms with Crippen LogP contribution >= 0.6 is 23.1 Å². The molecule has 0 radical (unpaired) electrons. The first kappa shape index (κ1) is 33.3. The van der Waals surface area contributed by atoms with E-state index >= 15 is 0 Å². The van der Waals surface area contributed by atoms with Crippen molar-refractivity contribution < 1.29 is 19.1 Å². The van der Waals surface area contributed by atoms with E-state index in [1.807, 2.05) is 91.0 Å². The minimum absolute atomic E-state index is 0.0710. The Morgan fingerprint density at radius 1 is 0.843 bits per heavy atom. The fourth-order valence-corrected chi connectivity index (χ4v) is 7.43. The highest BCUT2D eigenvalue weighted by atomic mass is 32.2. The third kappa shape index (κ3) is 7.85. The Hall–Kier alpha value is -6.17. The maximum absolute atomic E-state index is 13.8. The number of amides is 3. The van der Waals surface area contributed by atoms with Crippen molar-refractivity contribution >= 4 is 78.8 Å². The van der Waals surface area contributed by atoms with Gasteiger partial charge >= 0.3 is 0 Å². The molecule has 1 unspecified atom stereocenters. The molecule has 2 heterocycles. The largest absolute Gasteiger partial charge is 0.497 e. The van der Waals surface area contributed by atoms with Gasteiger partial charge in [0.2, 0.25) is 5.91 Å². The number of benzene rings is 5. The summed E-state index contributed by atoms with van der Waals surface area (Å²) in [7, 11) is 1.61. The topological polar surface area (TPSA) is 125 Å². The zero-order chi connectivity index (χ0) is 35.2. The van der Waals surface area contributed by atoms with Crippen molar-refractivity contribution in [2.24, 2.45) is 0 Å². The van der Waals surface area contributed by atoms with E-state index in [-0.39, 0.29) is 11.6 Å². The van der Waals surface area contributed by atoms with Crippen LogP contribution in [0.1, 0.15) is 26.7 Å². The Kier molecular flexibility index (Phi) is 9.91. The van der Waals surface area contributed by atoms with Gasteiger partial charge in [-0.1, -0.05) is 84.1 Å². The maximum Gasteiger partial charge on any atom is 0.272 e. The molecule has 9 nitrogen and oxygen atoms in total. The maximum atomic E-state index is 13.8. The second-order valence-corrected chi connectivity index (χ2v) is 13.6. The van der Waals surface area contributed by atoms with Crippen LogP contribution in [0.15, 0.2) is 144 Å². The molecule has 7 rings (SSSR count). The number of carbonyl (C=O) groups is 3. The summed E-state index contributed by atoms with van der Waals surface area (Å²) in [6, 6.07) is 38.8. The molecule has 0 bridgehead atoms. The molecule has 3 amide bonds. The molecular formula is C40H31N5O4S2. The molecule has 5 aromatic carbocycles. The van der Waals surface area contributed by atoms with Gasteiger partial charge in [0.1, 0.15) is 16.7 Å². The summed E-state index contributed by atoms with van der Waals surface area (Å²) in [5.74, 6) is -0.436. The third-order valence-corrected chi connectivity index (χ3v) is 10.1. The van der Waals surface area contributed by atoms with Crippen molar-refractivity contribution in [2.45, 2.75) is 10.1 Å². The molecule has 1 atom stereocenters. The minimum atomic E-state index is -0.624. The van der Waals surface area contributed by atoms with Crippen LogP contribution in [0.4, 0.5) is 10.8 Å². The second kappa shape index (κ2) is 15.2. The van der Waals surface area contributed by atoms with Gasteiger partial charge in [0.25, 0.3) is 11.8 Å². The van der Waals surface area contributed by atoms with Crippen LogP contribution in [0.5, 0.6) is 5.75 Å². The van der Waals surface area contributed by atoms with Gasteiger partial charge in [-0.2, -0.15) is 0 Å². The molecule has 0 saturated heterocycles. The second-order valence-electron chi connectivity index (χ2n) is 11.4. The Bertz CT molecular complexity index is 2390. The van der Waals surface area contributed by atoms with Crippen LogP contribution in [0.25, 0.3) is 27.2 Å². The number of ether oxygens (including phenoxy) is 1. The fourth-order valence-electron chi connectivity index (χ4n) is 5.45. The van der Waals surface area contributed by atoms with Gasteiger partial charge < -0.3 is 25.7 Å². The molecular weight excluding hydrogens is 679 g/mol. The van der Waals surface area contributed by atoms with Crippen LogP contribution in [0.3, 0.4) is 0 Å². The number of para-hydroxylation sites is 1. The first-order chi connectivity index (χ1) is 24.9. The first-order valence-electron chi connectivity index (χ1n) is 16.0. The summed E-state index contributed by atoms with van der Waals surface area (Å²) in [5, 5.41) is 9.52. The molecule has 0 aliphatic carbocycles. The van der Waals surface area contributed by atoms with Gasteiger partial charge in [0.05, 0.1) is 17.3 Å². The van der Waals surface area contributed by atoms with Crippen LogP contribution in [0, 0.1) is 0 Å². The number of hydrogen-bond acceptors (Lipinski definition) is 7. The number of rotatable bonds is 11. The van der Waals surface area contributed by atoms with Gasteiger partial charge in [-0.05, 0) is 66.2 Å². The van der Waals surface area contributed by atoms with Gasteiger partial charge in [-0.3, -0.25) is 14.4 Å². The van der Waals surface area contributed by atoms with E-state index in [2.05, 4.69) is 25.9 Å². The van der Waals surface area contributed by atoms with Crippen molar-refractivity contribution in [3.63, 3.8) is 0 Å². The zero-order valence-corrected chi connectivity index (χ0v) is 28.9. The lowest BCUT2D eigenvalue weighted by Gasteiger charge is -2.17. The summed E-state index contributed by atoms with van der Waals surface area (Å²) in [6.45, 7) is 0. The number of nitrogens with zero attached hydrogens (tertiary/aromatic N) is 1. The van der Waals surface area contributed by atoms with Gasteiger partial charge in [0, 0.05) is 38.8 Å². The lowest BCUT2D eigenvalue weighted by atomic mass is 10.1. The highest BCUT2D eigenvalue weighted by Crippen LogP contribution is 2.38. The molecule has 0 saturated carbocycles. The Labute approximate surface area is 301 Å². The highest BCUT2D eigenvalue weighted by Gasteiger charge is 2.24. The molecule has 4 N–H and O–H groups in total. The summed E-state index contributed by atoms with van der Waals surface area (Å²) >= 11 is 2.72. The van der Waals surface area contributed by atoms with E-state index in [1.54, 1.807) is 55.8 Å². The van der Waals surface area contributed by atoms with Crippen LogP contribution in [0.2, 0.25) is 0 Å². The molecule has 252 valence electrons. The molecule has 0 aliphatic heterocycles. The molecule has 11 heteroatoms. The molecule has 0 spiro atoms. The first-order valence-corrected chi connectivity index (χ1v) is 17.7. The SMILES string of the molecule is COc1ccc2nc(NC(=O)C(Sc3cccc(NC(=O)/C(=C/c4c[nH]c5ccccc45)NC(=O)c4ccccc4)c3)c3ccccc3)sc2c1. The predicted molar refractivity (Wildman–Crippen MR) is 205 cm³/mol. The predicted octanol–water partition coefficient (Wildman–Crippen LogP) is 8.67. The average molecular weight is 710 g/mol. The van der Waals surface area contributed by atoms with Gasteiger partial charge in [-0.25, -0.2) is 4.98 Å². The average Bonchev–Trinajstić information content (AvgIpc) is 3.77. The van der Waals surface area contributed by atoms with Crippen LogP contribution in [-0.4, -0.2) is 34.8 Å². The number of fused-ring (bicyclic) bond motifs is 2. The Balaban J connectivity index is 1.13. The number of anilines is 2. The van der Waals surface area contributed by atoms with E-state index < -0.39 is 17.1 Å². The van der Waals surface area contributed by atoms with Crippen molar-refractivity contribution in [3.05, 3.63) is 156 Å². The lowest BCUT2D eigenvalue weighted by Crippen LogP contribution is -2.30. The number of thiazole rings is 1. The number of aromatic nitrogens is 2. The highest BCUT2D eigenvalue weighted by molar-refractivity contribution is 8.00. The molecule has 0 fully saturated rings. The number of hydrogen-bond donors (Lipinski definition) is 4. The van der Waals surface area contributed by atoms with Crippen molar-refractivity contribution in [2.75, 3.05) is 17.7 Å². The van der Waals surface area contributed by atoms with E-state index in [4.69, 9.17) is 4.74 Å².